The highest BCUT2D eigenvalue weighted by Crippen LogP contribution is 2.76. The van der Waals surface area contributed by atoms with Gasteiger partial charge in [0.2, 0.25) is 6.29 Å². The molecule has 4 heterocycles. The number of esters is 1. The fourth-order valence-electron chi connectivity index (χ4n) is 16.2. The Bertz CT molecular complexity index is 2250. The summed E-state index contributed by atoms with van der Waals surface area (Å²) in [6.07, 6.45) is -28.5. The van der Waals surface area contributed by atoms with Gasteiger partial charge in [-0.25, -0.2) is 4.79 Å². The minimum Gasteiger partial charge on any atom is -0.481 e. The number of aliphatic hydroxyl groups is 11. The first-order chi connectivity index (χ1) is 35.8. The van der Waals surface area contributed by atoms with E-state index in [1.807, 2.05) is 6.92 Å². The van der Waals surface area contributed by atoms with Gasteiger partial charge in [-0.15, -0.1) is 0 Å². The van der Waals surface area contributed by atoms with E-state index in [0.717, 1.165) is 5.57 Å². The highest BCUT2D eigenvalue weighted by Gasteiger charge is 2.73. The number of aliphatic hydroxyl groups excluding tert-OH is 11. The summed E-state index contributed by atoms with van der Waals surface area (Å²) in [7, 11) is 0. The van der Waals surface area contributed by atoms with Crippen molar-refractivity contribution < 1.29 is 119 Å². The van der Waals surface area contributed by atoms with Crippen LogP contribution in [0.3, 0.4) is 0 Å². The molecule has 0 amide bonds. The highest BCUT2D eigenvalue weighted by atomic mass is 16.8. The Labute approximate surface area is 446 Å². The molecule has 4 saturated heterocycles. The van der Waals surface area contributed by atoms with E-state index in [9.17, 15) is 76.0 Å². The zero-order chi connectivity index (χ0) is 56.6. The fraction of sp³-hybridized carbons (Fsp3) is 0.906. The van der Waals surface area contributed by atoms with Crippen LogP contribution in [0.1, 0.15) is 113 Å². The van der Waals surface area contributed by atoms with Crippen molar-refractivity contribution in [3.8, 4) is 0 Å². The number of carbonyl (C=O) groups excluding carboxylic acids is 1. The number of carboxylic acids is 2. The third-order valence-corrected chi connectivity index (χ3v) is 21.0. The first-order valence-electron chi connectivity index (χ1n) is 27.2. The van der Waals surface area contributed by atoms with Gasteiger partial charge in [-0.05, 0) is 118 Å². The Balaban J connectivity index is 0.966. The van der Waals surface area contributed by atoms with Crippen LogP contribution in [0.5, 0.6) is 0 Å². The van der Waals surface area contributed by atoms with Gasteiger partial charge in [0.1, 0.15) is 73.2 Å². The SMILES string of the molecule is C[C@@H]1O[C@@H](O[C@H]2[C@H](OC(=O)[C@]34CCC(C)(C)C[C@H]3C3=CC[C@@H]5[C@@]6(C)C[C@H](O)[C@H](O[C@@H]7O[C@H](C(=O)O)[C@@H](O)[C@H](O)[C@H]7O)[C@@](C)(C(=O)O)[C@@H]6CC[C@@]5(C)[C@]3(C)CC4)O[C@H](C)[C@H](O)[C@@H]2O)[C@H](O)[C@H](O)[C@H]1O[C@@H]1OC[C@@H](O)[C@H](O)[C@H]1O. The van der Waals surface area contributed by atoms with Crippen LogP contribution in [-0.2, 0) is 52.3 Å². The number of carboxylic acid groups (broad SMARTS) is 2. The van der Waals surface area contributed by atoms with Crippen molar-refractivity contribution in [3.05, 3.63) is 11.6 Å². The molecule has 9 rings (SSSR count). The van der Waals surface area contributed by atoms with E-state index in [2.05, 4.69) is 33.8 Å². The van der Waals surface area contributed by atoms with Crippen molar-refractivity contribution in [1.29, 1.82) is 0 Å². The molecular formula is C53H82O24. The van der Waals surface area contributed by atoms with Crippen molar-refractivity contribution in [1.82, 2.24) is 0 Å². The van der Waals surface area contributed by atoms with Crippen LogP contribution in [0.15, 0.2) is 11.6 Å². The van der Waals surface area contributed by atoms with E-state index in [1.54, 1.807) is 0 Å². The summed E-state index contributed by atoms with van der Waals surface area (Å²) in [5.41, 5.74) is -4.03. The number of ether oxygens (including phenoxy) is 8. The lowest BCUT2D eigenvalue weighted by atomic mass is 9.33. The molecule has 77 heavy (non-hydrogen) atoms. The zero-order valence-corrected chi connectivity index (χ0v) is 44.8. The molecule has 4 aliphatic heterocycles. The topological polar surface area (TPSA) is 388 Å². The Hall–Kier alpha value is -2.57. The first kappa shape index (κ1) is 59.1. The molecule has 0 unspecified atom stereocenters. The summed E-state index contributed by atoms with van der Waals surface area (Å²) in [6, 6.07) is 0. The van der Waals surface area contributed by atoms with Crippen molar-refractivity contribution in [2.45, 2.75) is 242 Å². The van der Waals surface area contributed by atoms with Crippen LogP contribution < -0.4 is 0 Å². The molecular weight excluding hydrogens is 1020 g/mol. The molecule has 29 atom stereocenters. The number of hydrogen-bond acceptors (Lipinski definition) is 22. The summed E-state index contributed by atoms with van der Waals surface area (Å²) < 4.78 is 47.1. The van der Waals surface area contributed by atoms with Gasteiger partial charge in [-0.3, -0.25) is 9.59 Å². The number of fused-ring (bicyclic) bond motifs is 7. The van der Waals surface area contributed by atoms with Gasteiger partial charge in [-0.1, -0.05) is 46.3 Å². The molecule has 438 valence electrons. The second-order valence-electron chi connectivity index (χ2n) is 25.8. The largest absolute Gasteiger partial charge is 0.481 e. The number of aliphatic carboxylic acids is 2. The van der Waals surface area contributed by atoms with E-state index in [4.69, 9.17) is 37.9 Å². The summed E-state index contributed by atoms with van der Waals surface area (Å²) in [5.74, 6) is -4.76. The predicted molar refractivity (Wildman–Crippen MR) is 258 cm³/mol. The van der Waals surface area contributed by atoms with Crippen molar-refractivity contribution >= 4 is 17.9 Å². The molecule has 0 aromatic heterocycles. The number of allylic oxidation sites excluding steroid dienone is 2. The van der Waals surface area contributed by atoms with E-state index in [0.29, 0.717) is 51.4 Å². The average molecular weight is 1100 g/mol. The van der Waals surface area contributed by atoms with Crippen molar-refractivity contribution in [3.63, 3.8) is 0 Å². The molecule has 0 aromatic rings. The lowest BCUT2D eigenvalue weighted by molar-refractivity contribution is -0.373. The second kappa shape index (κ2) is 20.7. The fourth-order valence-corrected chi connectivity index (χ4v) is 16.2. The zero-order valence-electron chi connectivity index (χ0n) is 44.8. The van der Waals surface area contributed by atoms with E-state index >= 15 is 4.79 Å². The predicted octanol–water partition coefficient (Wildman–Crippen LogP) is -1.21. The van der Waals surface area contributed by atoms with Gasteiger partial charge >= 0.3 is 17.9 Å². The van der Waals surface area contributed by atoms with Gasteiger partial charge in [0, 0.05) is 0 Å². The highest BCUT2D eigenvalue weighted by molar-refractivity contribution is 5.79. The van der Waals surface area contributed by atoms with Gasteiger partial charge in [0.15, 0.2) is 31.1 Å². The molecule has 9 aliphatic rings. The molecule has 24 nitrogen and oxygen atoms in total. The molecule has 0 aromatic carbocycles. The molecule has 13 N–H and O–H groups in total. The van der Waals surface area contributed by atoms with E-state index < -0.39 is 180 Å². The summed E-state index contributed by atoms with van der Waals surface area (Å²) in [6.45, 7) is 14.8. The normalized spacial score (nSPS) is 54.6. The Morgan fingerprint density at radius 3 is 1.84 bits per heavy atom. The summed E-state index contributed by atoms with van der Waals surface area (Å²) in [4.78, 5) is 41.0. The first-order valence-corrected chi connectivity index (χ1v) is 27.2. The Kier molecular flexibility index (Phi) is 15.9. The maximum Gasteiger partial charge on any atom is 0.335 e. The summed E-state index contributed by atoms with van der Waals surface area (Å²) in [5, 5.41) is 141. The van der Waals surface area contributed by atoms with Gasteiger partial charge in [-0.2, -0.15) is 0 Å². The second-order valence-corrected chi connectivity index (χ2v) is 25.8. The van der Waals surface area contributed by atoms with Crippen LogP contribution in [0.2, 0.25) is 0 Å². The van der Waals surface area contributed by atoms with Gasteiger partial charge in [0.05, 0.1) is 35.7 Å². The minimum atomic E-state index is -2.01. The van der Waals surface area contributed by atoms with Crippen LogP contribution >= 0.6 is 0 Å². The number of hydrogen-bond donors (Lipinski definition) is 13. The average Bonchev–Trinajstić information content (AvgIpc) is 3.52. The third-order valence-electron chi connectivity index (χ3n) is 21.0. The molecule has 0 bridgehead atoms. The van der Waals surface area contributed by atoms with Gasteiger partial charge < -0.3 is 104 Å². The molecule has 24 heteroatoms. The standard InChI is InChI=1S/C53H82O24/c1-20-28(56)31(59)39(75-43-36(64)33(61)37(21(2)72-43)73-42-34(62)29(57)25(55)19-70-42)45(71-20)77-47(69)53-15-13-48(3,4)17-23(53)22-9-10-26-49(5)18-24(54)40(76-44-35(63)30(58)32(60)38(74-44)41(65)66)52(8,46(67)68)27(49)11-12-51(26,7)50(22,6)14-16-53/h9,20-21,23-40,42-45,54-64H,10-19H2,1-8H3,(H,65,66)(H,67,68)/t20-,21+,23+,24+,25-,26-,27-,28+,29+,30+,31+,32+,33+,34-,35-,36-,37+,38+,39-,40+,42+,43+,44+,45+,49-,50-,51-,52+,53+/m1/s1. The lowest BCUT2D eigenvalue weighted by Gasteiger charge is -2.71. The van der Waals surface area contributed by atoms with Crippen LogP contribution in [0, 0.1) is 50.2 Å². The molecule has 5 aliphatic carbocycles. The van der Waals surface area contributed by atoms with Crippen molar-refractivity contribution in [2.75, 3.05) is 6.61 Å². The third kappa shape index (κ3) is 9.33. The van der Waals surface area contributed by atoms with E-state index in [-0.39, 0.29) is 30.3 Å². The Morgan fingerprint density at radius 2 is 1.18 bits per heavy atom. The Morgan fingerprint density at radius 1 is 0.584 bits per heavy atom. The molecule has 4 saturated carbocycles. The quantitative estimate of drug-likeness (QED) is 0.0693. The molecule has 0 spiro atoms. The van der Waals surface area contributed by atoms with Crippen LogP contribution in [-0.4, -0.2) is 220 Å². The molecule has 8 fully saturated rings. The summed E-state index contributed by atoms with van der Waals surface area (Å²) >= 11 is 0. The van der Waals surface area contributed by atoms with Crippen LogP contribution in [0.25, 0.3) is 0 Å². The van der Waals surface area contributed by atoms with E-state index in [1.165, 1.54) is 20.8 Å². The van der Waals surface area contributed by atoms with Crippen LogP contribution in [0.4, 0.5) is 0 Å². The minimum absolute atomic E-state index is 0.0584. The van der Waals surface area contributed by atoms with Gasteiger partial charge in [0.25, 0.3) is 0 Å². The molecule has 0 radical (unpaired) electrons. The number of carbonyl (C=O) groups is 3. The lowest BCUT2D eigenvalue weighted by Crippen LogP contribution is -2.70. The number of rotatable bonds is 10. The van der Waals surface area contributed by atoms with Crippen molar-refractivity contribution in [2.24, 2.45) is 50.2 Å². The monoisotopic (exact) mass is 1100 g/mol. The maximum atomic E-state index is 15.4. The smallest absolute Gasteiger partial charge is 0.335 e. The maximum absolute atomic E-state index is 15.4.